The molecule has 2 heterocycles. The molecule has 0 bridgehead atoms. The number of aromatic nitrogens is 2. The van der Waals surface area contributed by atoms with Crippen LogP contribution >= 0.6 is 11.8 Å². The number of fused-ring (bicyclic) bond motifs is 1. The lowest BCUT2D eigenvalue weighted by molar-refractivity contribution is 0.210. The van der Waals surface area contributed by atoms with Crippen LogP contribution in [0.1, 0.15) is 17.6 Å². The summed E-state index contributed by atoms with van der Waals surface area (Å²) >= 11 is 1.76. The van der Waals surface area contributed by atoms with E-state index in [1.54, 1.807) is 17.8 Å². The summed E-state index contributed by atoms with van der Waals surface area (Å²) in [6, 6.07) is 9.76. The zero-order valence-corrected chi connectivity index (χ0v) is 10.8. The molecule has 0 radical (unpaired) electrons. The van der Waals surface area contributed by atoms with Crippen LogP contribution in [0.3, 0.4) is 0 Å². The number of benzene rings is 1. The van der Waals surface area contributed by atoms with Gasteiger partial charge in [0.15, 0.2) is 11.9 Å². The number of anilines is 1. The van der Waals surface area contributed by atoms with E-state index in [4.69, 9.17) is 10.5 Å². The van der Waals surface area contributed by atoms with Gasteiger partial charge in [0.2, 0.25) is 0 Å². The highest BCUT2D eigenvalue weighted by Crippen LogP contribution is 2.39. The molecule has 0 amide bonds. The summed E-state index contributed by atoms with van der Waals surface area (Å²) in [7, 11) is 0. The third-order valence-corrected chi connectivity index (χ3v) is 3.81. The molecule has 1 unspecified atom stereocenters. The van der Waals surface area contributed by atoms with Crippen LogP contribution in [-0.4, -0.2) is 15.7 Å². The van der Waals surface area contributed by atoms with Gasteiger partial charge < -0.3 is 10.5 Å². The summed E-state index contributed by atoms with van der Waals surface area (Å²) < 4.78 is 5.93. The lowest BCUT2D eigenvalue weighted by atomic mass is 10.3. The number of thioether (sulfide) groups is 1. The van der Waals surface area contributed by atoms with E-state index in [0.29, 0.717) is 11.6 Å². The molecule has 4 nitrogen and oxygen atoms in total. The van der Waals surface area contributed by atoms with Crippen molar-refractivity contribution in [2.75, 3.05) is 11.5 Å². The summed E-state index contributed by atoms with van der Waals surface area (Å²) in [6.45, 7) is 1.91. The van der Waals surface area contributed by atoms with Gasteiger partial charge in [-0.2, -0.15) is 0 Å². The first-order valence-corrected chi connectivity index (χ1v) is 6.70. The van der Waals surface area contributed by atoms with Crippen LogP contribution in [0.4, 0.5) is 5.82 Å². The number of rotatable bonds is 1. The van der Waals surface area contributed by atoms with Gasteiger partial charge in [-0.3, -0.25) is 0 Å². The molecule has 92 valence electrons. The van der Waals surface area contributed by atoms with Crippen LogP contribution in [0.5, 0.6) is 5.75 Å². The van der Waals surface area contributed by atoms with Crippen molar-refractivity contribution in [1.82, 2.24) is 9.97 Å². The fourth-order valence-electron chi connectivity index (χ4n) is 1.91. The minimum absolute atomic E-state index is 0.132. The van der Waals surface area contributed by atoms with Crippen molar-refractivity contribution in [2.45, 2.75) is 17.9 Å². The maximum absolute atomic E-state index is 5.93. The molecule has 1 aromatic heterocycles. The number of nitrogens with zero attached hydrogens (tertiary/aromatic N) is 2. The van der Waals surface area contributed by atoms with Gasteiger partial charge in [-0.1, -0.05) is 12.1 Å². The Bertz CT molecular complexity index is 568. The van der Waals surface area contributed by atoms with Gasteiger partial charge in [0.1, 0.15) is 11.6 Å². The SMILES string of the molecule is Cc1cc(N)nc(C2CSc3ccccc3O2)n1. The average molecular weight is 259 g/mol. The monoisotopic (exact) mass is 259 g/mol. The maximum atomic E-state index is 5.93. The lowest BCUT2D eigenvalue weighted by Crippen LogP contribution is -2.18. The highest BCUT2D eigenvalue weighted by Gasteiger charge is 2.24. The Balaban J connectivity index is 1.91. The summed E-state index contributed by atoms with van der Waals surface area (Å²) in [5.74, 6) is 2.85. The summed E-state index contributed by atoms with van der Waals surface area (Å²) in [5.41, 5.74) is 6.61. The molecule has 1 atom stereocenters. The summed E-state index contributed by atoms with van der Waals surface area (Å²) in [6.07, 6.45) is -0.132. The molecule has 2 N–H and O–H groups in total. The topological polar surface area (TPSA) is 61.0 Å². The molecule has 2 aromatic rings. The number of hydrogen-bond donors (Lipinski definition) is 1. The predicted octanol–water partition coefficient (Wildman–Crippen LogP) is 2.59. The second kappa shape index (κ2) is 4.49. The van der Waals surface area contributed by atoms with E-state index in [0.717, 1.165) is 22.1 Å². The normalized spacial score (nSPS) is 17.9. The minimum atomic E-state index is -0.132. The van der Waals surface area contributed by atoms with Gasteiger partial charge in [0, 0.05) is 22.4 Å². The summed E-state index contributed by atoms with van der Waals surface area (Å²) in [5, 5.41) is 0. The maximum Gasteiger partial charge on any atom is 0.172 e. The number of aryl methyl sites for hydroxylation is 1. The predicted molar refractivity (Wildman–Crippen MR) is 71.7 cm³/mol. The van der Waals surface area contributed by atoms with E-state index in [1.807, 2.05) is 25.1 Å². The van der Waals surface area contributed by atoms with Crippen molar-refractivity contribution in [1.29, 1.82) is 0 Å². The Labute approximate surface area is 110 Å². The second-order valence-corrected chi connectivity index (χ2v) is 5.22. The Morgan fingerprint density at radius 3 is 3.00 bits per heavy atom. The first kappa shape index (κ1) is 11.3. The Morgan fingerprint density at radius 1 is 1.33 bits per heavy atom. The molecule has 0 saturated carbocycles. The molecule has 5 heteroatoms. The molecule has 1 aromatic carbocycles. The van der Waals surface area contributed by atoms with Crippen molar-refractivity contribution in [3.8, 4) is 5.75 Å². The number of para-hydroxylation sites is 1. The van der Waals surface area contributed by atoms with Crippen LogP contribution in [0, 0.1) is 6.92 Å². The molecular weight excluding hydrogens is 246 g/mol. The zero-order valence-electron chi connectivity index (χ0n) is 9.96. The number of nitrogen functional groups attached to an aromatic ring is 1. The van der Waals surface area contributed by atoms with Crippen molar-refractivity contribution >= 4 is 17.6 Å². The van der Waals surface area contributed by atoms with Gasteiger partial charge in [0.05, 0.1) is 0 Å². The van der Waals surface area contributed by atoms with Crippen molar-refractivity contribution in [3.05, 3.63) is 41.9 Å². The lowest BCUT2D eigenvalue weighted by Gasteiger charge is -2.24. The molecule has 3 rings (SSSR count). The van der Waals surface area contributed by atoms with Crippen LogP contribution in [0.2, 0.25) is 0 Å². The number of hydrogen-bond acceptors (Lipinski definition) is 5. The van der Waals surface area contributed by atoms with Crippen LogP contribution in [0.25, 0.3) is 0 Å². The zero-order chi connectivity index (χ0) is 12.5. The van der Waals surface area contributed by atoms with Gasteiger partial charge in [-0.25, -0.2) is 9.97 Å². The molecule has 0 saturated heterocycles. The van der Waals surface area contributed by atoms with E-state index in [-0.39, 0.29) is 6.10 Å². The quantitative estimate of drug-likeness (QED) is 0.853. The van der Waals surface area contributed by atoms with Crippen molar-refractivity contribution in [3.63, 3.8) is 0 Å². The Kier molecular flexibility index (Phi) is 2.83. The third kappa shape index (κ3) is 2.13. The van der Waals surface area contributed by atoms with E-state index in [9.17, 15) is 0 Å². The smallest absolute Gasteiger partial charge is 0.172 e. The largest absolute Gasteiger partial charge is 0.480 e. The number of nitrogens with two attached hydrogens (primary N) is 1. The van der Waals surface area contributed by atoms with E-state index in [1.165, 1.54) is 0 Å². The van der Waals surface area contributed by atoms with Crippen molar-refractivity contribution in [2.24, 2.45) is 0 Å². The molecule has 0 aliphatic carbocycles. The molecule has 1 aliphatic heterocycles. The summed E-state index contributed by atoms with van der Waals surface area (Å²) in [4.78, 5) is 9.82. The Morgan fingerprint density at radius 2 is 2.17 bits per heavy atom. The molecular formula is C13H13N3OS. The van der Waals surface area contributed by atoms with Crippen LogP contribution < -0.4 is 10.5 Å². The van der Waals surface area contributed by atoms with Crippen LogP contribution in [0.15, 0.2) is 35.2 Å². The second-order valence-electron chi connectivity index (χ2n) is 4.16. The Hall–Kier alpha value is -1.75. The van der Waals surface area contributed by atoms with Crippen molar-refractivity contribution < 1.29 is 4.74 Å². The van der Waals surface area contributed by atoms with Gasteiger partial charge in [0.25, 0.3) is 0 Å². The van der Waals surface area contributed by atoms with Gasteiger partial charge >= 0.3 is 0 Å². The third-order valence-electron chi connectivity index (χ3n) is 2.69. The van der Waals surface area contributed by atoms with Gasteiger partial charge in [-0.15, -0.1) is 11.8 Å². The standard InChI is InChI=1S/C13H13N3OS/c1-8-6-12(14)16-13(15-8)10-7-18-11-5-3-2-4-9(11)17-10/h2-6,10H,7H2,1H3,(H2,14,15,16). The molecule has 0 fully saturated rings. The van der Waals surface area contributed by atoms with E-state index < -0.39 is 0 Å². The average Bonchev–Trinajstić information content (AvgIpc) is 2.37. The minimum Gasteiger partial charge on any atom is -0.480 e. The molecule has 1 aliphatic rings. The first-order valence-electron chi connectivity index (χ1n) is 5.72. The van der Waals surface area contributed by atoms with E-state index in [2.05, 4.69) is 16.0 Å². The van der Waals surface area contributed by atoms with E-state index >= 15 is 0 Å². The van der Waals surface area contributed by atoms with Crippen LogP contribution in [-0.2, 0) is 0 Å². The number of ether oxygens (including phenoxy) is 1. The highest BCUT2D eigenvalue weighted by molar-refractivity contribution is 7.99. The fraction of sp³-hybridized carbons (Fsp3) is 0.231. The first-order chi connectivity index (χ1) is 8.72. The fourth-order valence-corrected chi connectivity index (χ4v) is 2.89. The molecule has 18 heavy (non-hydrogen) atoms. The highest BCUT2D eigenvalue weighted by atomic mass is 32.2. The van der Waals surface area contributed by atoms with Gasteiger partial charge in [-0.05, 0) is 19.1 Å². The molecule has 0 spiro atoms.